The molecule has 1 aromatic rings. The van der Waals surface area contributed by atoms with Crippen molar-refractivity contribution in [2.75, 3.05) is 19.3 Å². The maximum Gasteiger partial charge on any atom is 0.273 e. The summed E-state index contributed by atoms with van der Waals surface area (Å²) < 4.78 is 25.0. The second-order valence-electron chi connectivity index (χ2n) is 6.03. The van der Waals surface area contributed by atoms with E-state index in [1.807, 2.05) is 0 Å². The predicted octanol–water partition coefficient (Wildman–Crippen LogP) is 1.45. The largest absolute Gasteiger partial charge is 0.334 e. The van der Waals surface area contributed by atoms with Crippen LogP contribution in [0.4, 0.5) is 5.69 Å². The van der Waals surface area contributed by atoms with Gasteiger partial charge in [-0.2, -0.15) is 0 Å². The minimum atomic E-state index is -3.34. The zero-order chi connectivity index (χ0) is 17.9. The summed E-state index contributed by atoms with van der Waals surface area (Å²) >= 11 is 0. The average Bonchev–Trinajstić information content (AvgIpc) is 2.52. The van der Waals surface area contributed by atoms with E-state index in [1.165, 1.54) is 6.07 Å². The number of likely N-dealkylation sites (tertiary alicyclic amines) is 1. The van der Waals surface area contributed by atoms with E-state index in [2.05, 4.69) is 4.72 Å². The Balaban J connectivity index is 2.22. The van der Waals surface area contributed by atoms with Crippen LogP contribution in [0.2, 0.25) is 0 Å². The van der Waals surface area contributed by atoms with Crippen LogP contribution in [-0.2, 0) is 10.0 Å². The Morgan fingerprint density at radius 1 is 1.42 bits per heavy atom. The summed E-state index contributed by atoms with van der Waals surface area (Å²) in [7, 11) is -3.34. The summed E-state index contributed by atoms with van der Waals surface area (Å²) in [6, 6.07) is 4.16. The Morgan fingerprint density at radius 3 is 2.75 bits per heavy atom. The van der Waals surface area contributed by atoms with Gasteiger partial charge in [0.1, 0.15) is 0 Å². The molecule has 1 aliphatic rings. The molecule has 1 saturated heterocycles. The highest BCUT2D eigenvalue weighted by molar-refractivity contribution is 7.88. The van der Waals surface area contributed by atoms with Crippen LogP contribution in [-0.4, -0.2) is 49.5 Å². The molecule has 1 N–H and O–H groups in total. The number of nitro benzene ring substituents is 1. The van der Waals surface area contributed by atoms with Gasteiger partial charge in [-0.25, -0.2) is 13.1 Å². The lowest BCUT2D eigenvalue weighted by atomic mass is 10.0. The lowest BCUT2D eigenvalue weighted by Gasteiger charge is -2.35. The molecule has 9 heteroatoms. The Hall–Kier alpha value is -2.00. The van der Waals surface area contributed by atoms with Gasteiger partial charge in [-0.3, -0.25) is 14.9 Å². The van der Waals surface area contributed by atoms with Gasteiger partial charge < -0.3 is 4.90 Å². The van der Waals surface area contributed by atoms with Gasteiger partial charge in [-0.1, -0.05) is 6.07 Å². The normalized spacial score (nSPS) is 18.4. The first-order valence-electron chi connectivity index (χ1n) is 7.69. The zero-order valence-corrected chi connectivity index (χ0v) is 14.5. The van der Waals surface area contributed by atoms with Crippen LogP contribution in [0.15, 0.2) is 18.2 Å². The van der Waals surface area contributed by atoms with E-state index < -0.39 is 14.9 Å². The Bertz CT molecular complexity index is 747. The van der Waals surface area contributed by atoms with E-state index in [-0.39, 0.29) is 29.7 Å². The van der Waals surface area contributed by atoms with Crippen LogP contribution >= 0.6 is 0 Å². The summed E-state index contributed by atoms with van der Waals surface area (Å²) in [5, 5.41) is 11.1. The fourth-order valence-electron chi connectivity index (χ4n) is 2.83. The minimum Gasteiger partial charge on any atom is -0.334 e. The molecule has 132 valence electrons. The molecule has 1 heterocycles. The maximum absolute atomic E-state index is 12.7. The molecule has 1 unspecified atom stereocenters. The molecule has 1 aromatic carbocycles. The van der Waals surface area contributed by atoms with E-state index in [0.717, 1.165) is 19.1 Å². The number of piperidine rings is 1. The molecule has 1 fully saturated rings. The third-order valence-corrected chi connectivity index (χ3v) is 4.81. The predicted molar refractivity (Wildman–Crippen MR) is 89.4 cm³/mol. The molecule has 1 atom stereocenters. The Kier molecular flexibility index (Phi) is 5.55. The van der Waals surface area contributed by atoms with Crippen molar-refractivity contribution in [2.24, 2.45) is 0 Å². The fraction of sp³-hybridized carbons (Fsp3) is 0.533. The maximum atomic E-state index is 12.7. The molecule has 2 rings (SSSR count). The van der Waals surface area contributed by atoms with Gasteiger partial charge in [0.2, 0.25) is 10.0 Å². The molecular weight excluding hydrogens is 334 g/mol. The minimum absolute atomic E-state index is 0.0938. The SMILES string of the molecule is Cc1ccc(C(=O)N2CCCCC2CNS(C)(=O)=O)cc1[N+](=O)[O-]. The third kappa shape index (κ3) is 4.51. The lowest BCUT2D eigenvalue weighted by Crippen LogP contribution is -2.49. The number of sulfonamides is 1. The molecule has 1 aliphatic heterocycles. The molecule has 24 heavy (non-hydrogen) atoms. The summed E-state index contributed by atoms with van der Waals surface area (Å²) in [5.41, 5.74) is 0.646. The summed E-state index contributed by atoms with van der Waals surface area (Å²) in [6.07, 6.45) is 3.51. The average molecular weight is 355 g/mol. The number of carbonyl (C=O) groups is 1. The molecule has 8 nitrogen and oxygen atoms in total. The van der Waals surface area contributed by atoms with Gasteiger partial charge in [-0.15, -0.1) is 0 Å². The van der Waals surface area contributed by atoms with Gasteiger partial charge >= 0.3 is 0 Å². The number of hydrogen-bond acceptors (Lipinski definition) is 5. The van der Waals surface area contributed by atoms with Crippen molar-refractivity contribution in [1.29, 1.82) is 0 Å². The zero-order valence-electron chi connectivity index (χ0n) is 13.7. The van der Waals surface area contributed by atoms with Crippen molar-refractivity contribution in [1.82, 2.24) is 9.62 Å². The molecule has 0 spiro atoms. The number of rotatable bonds is 5. The van der Waals surface area contributed by atoms with Gasteiger partial charge in [0.25, 0.3) is 11.6 Å². The van der Waals surface area contributed by atoms with Crippen LogP contribution in [0.25, 0.3) is 0 Å². The van der Waals surface area contributed by atoms with Crippen LogP contribution in [0, 0.1) is 17.0 Å². The van der Waals surface area contributed by atoms with E-state index in [1.54, 1.807) is 24.0 Å². The molecule has 0 saturated carbocycles. The quantitative estimate of drug-likeness (QED) is 0.635. The van der Waals surface area contributed by atoms with Crippen LogP contribution in [0.3, 0.4) is 0 Å². The van der Waals surface area contributed by atoms with Gasteiger partial charge in [0, 0.05) is 36.3 Å². The van der Waals surface area contributed by atoms with Crippen molar-refractivity contribution >= 4 is 21.6 Å². The number of amides is 1. The number of aryl methyl sites for hydroxylation is 1. The van der Waals surface area contributed by atoms with E-state index in [9.17, 15) is 23.3 Å². The van der Waals surface area contributed by atoms with E-state index in [4.69, 9.17) is 0 Å². The van der Waals surface area contributed by atoms with Crippen molar-refractivity contribution in [3.63, 3.8) is 0 Å². The topological polar surface area (TPSA) is 110 Å². The van der Waals surface area contributed by atoms with E-state index in [0.29, 0.717) is 18.5 Å². The number of benzene rings is 1. The smallest absolute Gasteiger partial charge is 0.273 e. The highest BCUT2D eigenvalue weighted by atomic mass is 32.2. The molecule has 0 aliphatic carbocycles. The monoisotopic (exact) mass is 355 g/mol. The standard InChI is InChI=1S/C15H21N3O5S/c1-11-6-7-12(9-14(11)18(20)21)15(19)17-8-4-3-5-13(17)10-16-24(2,22)23/h6-7,9,13,16H,3-5,8,10H2,1-2H3. The Labute approximate surface area is 141 Å². The second kappa shape index (κ2) is 7.27. The summed E-state index contributed by atoms with van der Waals surface area (Å²) in [5.74, 6) is -0.307. The van der Waals surface area contributed by atoms with Crippen molar-refractivity contribution in [3.05, 3.63) is 39.4 Å². The molecule has 0 aromatic heterocycles. The fourth-order valence-corrected chi connectivity index (χ4v) is 3.33. The third-order valence-electron chi connectivity index (χ3n) is 4.12. The first-order chi connectivity index (χ1) is 11.2. The van der Waals surface area contributed by atoms with Gasteiger partial charge in [-0.05, 0) is 32.3 Å². The highest BCUT2D eigenvalue weighted by Gasteiger charge is 2.29. The lowest BCUT2D eigenvalue weighted by molar-refractivity contribution is -0.385. The second-order valence-corrected chi connectivity index (χ2v) is 7.86. The summed E-state index contributed by atoms with van der Waals surface area (Å²) in [6.45, 7) is 2.28. The highest BCUT2D eigenvalue weighted by Crippen LogP contribution is 2.23. The van der Waals surface area contributed by atoms with E-state index >= 15 is 0 Å². The molecule has 1 amide bonds. The first kappa shape index (κ1) is 18.3. The Morgan fingerprint density at radius 2 is 2.12 bits per heavy atom. The number of nitro groups is 1. The van der Waals surface area contributed by atoms with Crippen molar-refractivity contribution in [2.45, 2.75) is 32.2 Å². The van der Waals surface area contributed by atoms with Crippen LogP contribution in [0.1, 0.15) is 35.2 Å². The van der Waals surface area contributed by atoms with Gasteiger partial charge in [0.15, 0.2) is 0 Å². The van der Waals surface area contributed by atoms with Crippen LogP contribution in [0.5, 0.6) is 0 Å². The molecular formula is C15H21N3O5S. The summed E-state index contributed by atoms with van der Waals surface area (Å²) in [4.78, 5) is 24.9. The first-order valence-corrected chi connectivity index (χ1v) is 9.59. The number of carbonyl (C=O) groups excluding carboxylic acids is 1. The molecule has 0 radical (unpaired) electrons. The number of nitrogens with one attached hydrogen (secondary N) is 1. The number of hydrogen-bond donors (Lipinski definition) is 1. The molecule has 0 bridgehead atoms. The van der Waals surface area contributed by atoms with Crippen molar-refractivity contribution < 1.29 is 18.1 Å². The van der Waals surface area contributed by atoms with Crippen molar-refractivity contribution in [3.8, 4) is 0 Å². The van der Waals surface area contributed by atoms with Crippen LogP contribution < -0.4 is 4.72 Å². The van der Waals surface area contributed by atoms with Gasteiger partial charge in [0.05, 0.1) is 11.2 Å². The number of nitrogens with zero attached hydrogens (tertiary/aromatic N) is 2.